The van der Waals surface area contributed by atoms with Gasteiger partial charge in [-0.2, -0.15) is 13.2 Å². The van der Waals surface area contributed by atoms with Crippen LogP contribution in [0, 0.1) is 0 Å². The van der Waals surface area contributed by atoms with E-state index in [4.69, 9.17) is 9.15 Å². The van der Waals surface area contributed by atoms with Crippen molar-refractivity contribution in [2.75, 3.05) is 39.5 Å². The van der Waals surface area contributed by atoms with Crippen LogP contribution in [0.4, 0.5) is 13.2 Å². The Balaban J connectivity index is 0.00000625. The van der Waals surface area contributed by atoms with Crippen molar-refractivity contribution in [3.05, 3.63) is 24.2 Å². The Labute approximate surface area is 168 Å². The third kappa shape index (κ3) is 14.2. The molecule has 0 saturated carbocycles. The van der Waals surface area contributed by atoms with Crippen LogP contribution < -0.4 is 10.6 Å². The van der Waals surface area contributed by atoms with Gasteiger partial charge in [-0.05, 0) is 31.9 Å². The number of nitrogens with zero attached hydrogens (tertiary/aromatic N) is 1. The number of nitrogens with one attached hydrogen (secondary N) is 2. The molecule has 0 atom stereocenters. The minimum Gasteiger partial charge on any atom is -0.467 e. The molecular formula is C16H27F3IN3O3. The number of furan rings is 1. The van der Waals surface area contributed by atoms with E-state index in [0.717, 1.165) is 12.2 Å². The number of guanidine groups is 1. The number of halogens is 4. The highest BCUT2D eigenvalue weighted by atomic mass is 127. The first-order valence-electron chi connectivity index (χ1n) is 8.28. The molecule has 10 heteroatoms. The predicted molar refractivity (Wildman–Crippen MR) is 104 cm³/mol. The maximum atomic E-state index is 11.9. The molecule has 0 bridgehead atoms. The minimum absolute atomic E-state index is 0. The third-order valence-electron chi connectivity index (χ3n) is 2.91. The second-order valence-electron chi connectivity index (χ2n) is 5.19. The Kier molecular flexibility index (Phi) is 14.5. The molecule has 0 radical (unpaired) electrons. The van der Waals surface area contributed by atoms with Crippen LogP contribution in [-0.2, 0) is 16.1 Å². The SMILES string of the molecule is CCNC(=NCCCOCc1ccco1)NCCCOCC(F)(F)F.I. The van der Waals surface area contributed by atoms with Crippen molar-refractivity contribution in [3.8, 4) is 0 Å². The van der Waals surface area contributed by atoms with Crippen molar-refractivity contribution in [2.45, 2.75) is 32.5 Å². The summed E-state index contributed by atoms with van der Waals surface area (Å²) in [5.41, 5.74) is 0. The van der Waals surface area contributed by atoms with Crippen LogP contribution in [0.1, 0.15) is 25.5 Å². The average molecular weight is 493 g/mol. The summed E-state index contributed by atoms with van der Waals surface area (Å²) in [6.07, 6.45) is -1.45. The van der Waals surface area contributed by atoms with Crippen molar-refractivity contribution in [1.29, 1.82) is 0 Å². The highest BCUT2D eigenvalue weighted by Crippen LogP contribution is 2.14. The Hall–Kier alpha value is -1.01. The van der Waals surface area contributed by atoms with Crippen LogP contribution >= 0.6 is 24.0 Å². The van der Waals surface area contributed by atoms with Gasteiger partial charge in [0.05, 0.1) is 6.26 Å². The van der Waals surface area contributed by atoms with Crippen molar-refractivity contribution in [3.63, 3.8) is 0 Å². The molecule has 1 rings (SSSR count). The molecule has 1 heterocycles. The van der Waals surface area contributed by atoms with Crippen molar-refractivity contribution >= 4 is 29.9 Å². The standard InChI is InChI=1S/C16H26F3N3O3.HI/c1-2-20-15(22-8-5-10-24-13-16(17,18)19)21-7-4-9-23-12-14-6-3-11-25-14;/h3,6,11H,2,4-5,7-10,12-13H2,1H3,(H2,20,21,22);1H. The molecule has 26 heavy (non-hydrogen) atoms. The lowest BCUT2D eigenvalue weighted by Gasteiger charge is -2.12. The van der Waals surface area contributed by atoms with Gasteiger partial charge in [0.15, 0.2) is 5.96 Å². The zero-order valence-corrected chi connectivity index (χ0v) is 17.1. The summed E-state index contributed by atoms with van der Waals surface area (Å²) in [6, 6.07) is 3.66. The molecule has 0 aliphatic carbocycles. The summed E-state index contributed by atoms with van der Waals surface area (Å²) in [5.74, 6) is 1.41. The molecule has 0 fully saturated rings. The van der Waals surface area contributed by atoms with Gasteiger partial charge >= 0.3 is 6.18 Å². The molecule has 0 aliphatic heterocycles. The zero-order valence-electron chi connectivity index (χ0n) is 14.8. The lowest BCUT2D eigenvalue weighted by atomic mass is 10.4. The van der Waals surface area contributed by atoms with Crippen LogP contribution in [-0.4, -0.2) is 51.6 Å². The largest absolute Gasteiger partial charge is 0.467 e. The smallest absolute Gasteiger partial charge is 0.411 e. The molecule has 0 aromatic carbocycles. The van der Waals surface area contributed by atoms with Crippen LogP contribution in [0.5, 0.6) is 0 Å². The zero-order chi connectivity index (χ0) is 18.4. The molecule has 152 valence electrons. The van der Waals surface area contributed by atoms with E-state index in [1.54, 1.807) is 6.26 Å². The van der Waals surface area contributed by atoms with Gasteiger partial charge in [0.1, 0.15) is 19.0 Å². The first kappa shape index (κ1) is 25.0. The van der Waals surface area contributed by atoms with E-state index in [1.165, 1.54) is 0 Å². The van der Waals surface area contributed by atoms with E-state index < -0.39 is 12.8 Å². The van der Waals surface area contributed by atoms with Crippen molar-refractivity contribution in [1.82, 2.24) is 10.6 Å². The fourth-order valence-corrected chi connectivity index (χ4v) is 1.84. The first-order valence-corrected chi connectivity index (χ1v) is 8.28. The van der Waals surface area contributed by atoms with Crippen LogP contribution in [0.25, 0.3) is 0 Å². The molecule has 1 aromatic rings. The van der Waals surface area contributed by atoms with Gasteiger partial charge in [-0.15, -0.1) is 24.0 Å². The molecule has 1 aromatic heterocycles. The van der Waals surface area contributed by atoms with Crippen molar-refractivity contribution < 1.29 is 27.1 Å². The molecule has 0 aliphatic rings. The normalized spacial score (nSPS) is 11.9. The van der Waals surface area contributed by atoms with Crippen LogP contribution in [0.15, 0.2) is 27.8 Å². The maximum Gasteiger partial charge on any atom is 0.411 e. The molecule has 6 nitrogen and oxygen atoms in total. The van der Waals surface area contributed by atoms with Gasteiger partial charge in [0.25, 0.3) is 0 Å². The summed E-state index contributed by atoms with van der Waals surface area (Å²) < 4.78 is 50.9. The summed E-state index contributed by atoms with van der Waals surface area (Å²) in [4.78, 5) is 4.38. The lowest BCUT2D eigenvalue weighted by Crippen LogP contribution is -2.38. The summed E-state index contributed by atoms with van der Waals surface area (Å²) in [7, 11) is 0. The van der Waals surface area contributed by atoms with Gasteiger partial charge in [-0.3, -0.25) is 4.99 Å². The van der Waals surface area contributed by atoms with E-state index in [2.05, 4.69) is 20.4 Å². The minimum atomic E-state index is -4.27. The highest BCUT2D eigenvalue weighted by Gasteiger charge is 2.27. The molecule has 2 N–H and O–H groups in total. The van der Waals surface area contributed by atoms with Gasteiger partial charge < -0.3 is 24.5 Å². The van der Waals surface area contributed by atoms with Gasteiger partial charge in [0, 0.05) is 32.8 Å². The predicted octanol–water partition coefficient (Wildman–Crippen LogP) is 3.33. The second kappa shape index (κ2) is 15.1. The fraction of sp³-hybridized carbons (Fsp3) is 0.688. The Morgan fingerprint density at radius 2 is 1.96 bits per heavy atom. The number of alkyl halides is 3. The number of aliphatic imine (C=N–C) groups is 1. The second-order valence-corrected chi connectivity index (χ2v) is 5.19. The van der Waals surface area contributed by atoms with Gasteiger partial charge in [0.2, 0.25) is 0 Å². The van der Waals surface area contributed by atoms with Crippen LogP contribution in [0.2, 0.25) is 0 Å². The van der Waals surface area contributed by atoms with Gasteiger partial charge in [-0.25, -0.2) is 0 Å². The average Bonchev–Trinajstić information content (AvgIpc) is 3.06. The summed E-state index contributed by atoms with van der Waals surface area (Å²) in [5, 5.41) is 6.13. The van der Waals surface area contributed by atoms with Crippen LogP contribution in [0.3, 0.4) is 0 Å². The first-order chi connectivity index (χ1) is 12.0. The Bertz CT molecular complexity index is 471. The van der Waals surface area contributed by atoms with Gasteiger partial charge in [-0.1, -0.05) is 0 Å². The van der Waals surface area contributed by atoms with Crippen molar-refractivity contribution in [2.24, 2.45) is 4.99 Å². The Morgan fingerprint density at radius 3 is 2.62 bits per heavy atom. The third-order valence-corrected chi connectivity index (χ3v) is 2.91. The van der Waals surface area contributed by atoms with E-state index >= 15 is 0 Å². The topological polar surface area (TPSA) is 68.0 Å². The monoisotopic (exact) mass is 493 g/mol. The van der Waals surface area contributed by atoms with E-state index in [1.807, 2.05) is 19.1 Å². The number of hydrogen-bond donors (Lipinski definition) is 2. The molecule has 0 spiro atoms. The molecule has 0 unspecified atom stereocenters. The molecular weight excluding hydrogens is 466 g/mol. The molecule has 0 amide bonds. The Morgan fingerprint density at radius 1 is 1.19 bits per heavy atom. The maximum absolute atomic E-state index is 11.9. The number of hydrogen-bond acceptors (Lipinski definition) is 4. The van der Waals surface area contributed by atoms with E-state index in [-0.39, 0.29) is 30.6 Å². The molecule has 0 saturated heterocycles. The lowest BCUT2D eigenvalue weighted by molar-refractivity contribution is -0.173. The highest BCUT2D eigenvalue weighted by molar-refractivity contribution is 14.0. The summed E-state index contributed by atoms with van der Waals surface area (Å²) in [6.45, 7) is 3.55. The number of rotatable bonds is 12. The van der Waals surface area contributed by atoms with E-state index in [0.29, 0.717) is 45.2 Å². The fourth-order valence-electron chi connectivity index (χ4n) is 1.84. The summed E-state index contributed by atoms with van der Waals surface area (Å²) >= 11 is 0. The quantitative estimate of drug-likeness (QED) is 0.203. The van der Waals surface area contributed by atoms with E-state index in [9.17, 15) is 13.2 Å². The number of ether oxygens (including phenoxy) is 2.